The fourth-order valence-electron chi connectivity index (χ4n) is 2.65. The molecule has 1 N–H and O–H groups in total. The number of carbonyl (C=O) groups is 1. The quantitative estimate of drug-likeness (QED) is 0.802. The van der Waals surface area contributed by atoms with Gasteiger partial charge in [0.2, 0.25) is 0 Å². The van der Waals surface area contributed by atoms with Gasteiger partial charge in [-0.2, -0.15) is 0 Å². The SMILES string of the molecule is CCC1CCN(C(=O)NC2CCOCC2)CC1. The first-order chi connectivity index (χ1) is 8.29. The molecule has 0 saturated carbocycles. The normalized spacial score (nSPS) is 23.7. The minimum absolute atomic E-state index is 0.131. The number of nitrogens with one attached hydrogen (secondary N) is 1. The van der Waals surface area contributed by atoms with Crippen molar-refractivity contribution in [2.45, 2.75) is 45.1 Å². The molecule has 0 spiro atoms. The van der Waals surface area contributed by atoms with Crippen LogP contribution in [0.1, 0.15) is 39.0 Å². The predicted octanol–water partition coefficient (Wildman–Crippen LogP) is 2.00. The highest BCUT2D eigenvalue weighted by atomic mass is 16.5. The van der Waals surface area contributed by atoms with E-state index in [1.54, 1.807) is 0 Å². The van der Waals surface area contributed by atoms with E-state index in [0.717, 1.165) is 57.9 Å². The molecule has 4 heteroatoms. The Morgan fingerprint density at radius 2 is 1.88 bits per heavy atom. The molecule has 2 amide bonds. The van der Waals surface area contributed by atoms with Gasteiger partial charge in [0.1, 0.15) is 0 Å². The Morgan fingerprint density at radius 3 is 2.47 bits per heavy atom. The highest BCUT2D eigenvalue weighted by Crippen LogP contribution is 2.20. The van der Waals surface area contributed by atoms with Crippen molar-refractivity contribution < 1.29 is 9.53 Å². The molecule has 0 aromatic rings. The molecule has 2 aliphatic rings. The third-order valence-electron chi connectivity index (χ3n) is 4.03. The molecule has 4 nitrogen and oxygen atoms in total. The largest absolute Gasteiger partial charge is 0.381 e. The summed E-state index contributed by atoms with van der Waals surface area (Å²) in [5.41, 5.74) is 0. The molecule has 0 aliphatic carbocycles. The number of amides is 2. The van der Waals surface area contributed by atoms with E-state index in [9.17, 15) is 4.79 Å². The summed E-state index contributed by atoms with van der Waals surface area (Å²) in [6.45, 7) is 5.65. The molecule has 2 rings (SSSR count). The van der Waals surface area contributed by atoms with Crippen LogP contribution >= 0.6 is 0 Å². The molecule has 2 aliphatic heterocycles. The summed E-state index contributed by atoms with van der Waals surface area (Å²) >= 11 is 0. The fraction of sp³-hybridized carbons (Fsp3) is 0.923. The minimum atomic E-state index is 0.131. The molecule has 0 unspecified atom stereocenters. The maximum atomic E-state index is 12.0. The first-order valence-corrected chi connectivity index (χ1v) is 6.92. The van der Waals surface area contributed by atoms with Gasteiger partial charge in [-0.05, 0) is 31.6 Å². The zero-order valence-electron chi connectivity index (χ0n) is 10.8. The summed E-state index contributed by atoms with van der Waals surface area (Å²) in [4.78, 5) is 14.0. The van der Waals surface area contributed by atoms with Crippen molar-refractivity contribution in [2.24, 2.45) is 5.92 Å². The van der Waals surface area contributed by atoms with E-state index >= 15 is 0 Å². The molecular formula is C13H24N2O2. The number of urea groups is 1. The van der Waals surface area contributed by atoms with Crippen LogP contribution in [-0.2, 0) is 4.74 Å². The van der Waals surface area contributed by atoms with Crippen LogP contribution in [-0.4, -0.2) is 43.3 Å². The second kappa shape index (κ2) is 6.24. The topological polar surface area (TPSA) is 41.6 Å². The van der Waals surface area contributed by atoms with E-state index in [-0.39, 0.29) is 6.03 Å². The number of piperidine rings is 1. The Labute approximate surface area is 104 Å². The van der Waals surface area contributed by atoms with Crippen molar-refractivity contribution in [3.8, 4) is 0 Å². The Balaban J connectivity index is 1.72. The van der Waals surface area contributed by atoms with Gasteiger partial charge in [0.15, 0.2) is 0 Å². The smallest absolute Gasteiger partial charge is 0.317 e. The van der Waals surface area contributed by atoms with Gasteiger partial charge < -0.3 is 15.0 Å². The van der Waals surface area contributed by atoms with Crippen LogP contribution in [0.25, 0.3) is 0 Å². The van der Waals surface area contributed by atoms with Crippen molar-refractivity contribution >= 4 is 6.03 Å². The summed E-state index contributed by atoms with van der Waals surface area (Å²) in [6, 6.07) is 0.451. The van der Waals surface area contributed by atoms with Gasteiger partial charge in [-0.15, -0.1) is 0 Å². The molecule has 17 heavy (non-hydrogen) atoms. The molecule has 2 saturated heterocycles. The van der Waals surface area contributed by atoms with Crippen molar-refractivity contribution in [1.82, 2.24) is 10.2 Å². The summed E-state index contributed by atoms with van der Waals surface area (Å²) < 4.78 is 5.29. The van der Waals surface area contributed by atoms with Gasteiger partial charge in [0.05, 0.1) is 0 Å². The Morgan fingerprint density at radius 1 is 1.24 bits per heavy atom. The van der Waals surface area contributed by atoms with Crippen molar-refractivity contribution in [1.29, 1.82) is 0 Å². The summed E-state index contributed by atoms with van der Waals surface area (Å²) in [5, 5.41) is 3.13. The van der Waals surface area contributed by atoms with E-state index in [4.69, 9.17) is 4.74 Å². The lowest BCUT2D eigenvalue weighted by molar-refractivity contribution is 0.0771. The third-order valence-corrected chi connectivity index (χ3v) is 4.03. The highest BCUT2D eigenvalue weighted by molar-refractivity contribution is 5.74. The Bertz CT molecular complexity index is 244. The molecule has 0 aromatic heterocycles. The lowest BCUT2D eigenvalue weighted by Gasteiger charge is -2.33. The number of carbonyl (C=O) groups excluding carboxylic acids is 1. The molecule has 0 bridgehead atoms. The third kappa shape index (κ3) is 3.60. The van der Waals surface area contributed by atoms with Crippen LogP contribution in [0.5, 0.6) is 0 Å². The van der Waals surface area contributed by atoms with Gasteiger partial charge in [-0.1, -0.05) is 13.3 Å². The number of nitrogens with zero attached hydrogens (tertiary/aromatic N) is 1. The summed E-state index contributed by atoms with van der Waals surface area (Å²) in [5.74, 6) is 0.821. The van der Waals surface area contributed by atoms with Gasteiger partial charge in [-0.3, -0.25) is 0 Å². The van der Waals surface area contributed by atoms with Crippen LogP contribution in [0, 0.1) is 5.92 Å². The lowest BCUT2D eigenvalue weighted by Crippen LogP contribution is -2.49. The standard InChI is InChI=1S/C13H24N2O2/c1-2-11-3-7-15(8-4-11)13(16)14-12-5-9-17-10-6-12/h11-12H,2-10H2,1H3,(H,14,16). The first-order valence-electron chi connectivity index (χ1n) is 6.92. The highest BCUT2D eigenvalue weighted by Gasteiger charge is 2.24. The van der Waals surface area contributed by atoms with E-state index in [1.165, 1.54) is 6.42 Å². The van der Waals surface area contributed by atoms with Crippen molar-refractivity contribution in [3.63, 3.8) is 0 Å². The van der Waals surface area contributed by atoms with Crippen LogP contribution in [0.3, 0.4) is 0 Å². The summed E-state index contributed by atoms with van der Waals surface area (Å²) in [6.07, 6.45) is 5.49. The van der Waals surface area contributed by atoms with E-state index < -0.39 is 0 Å². The molecule has 2 heterocycles. The molecule has 2 fully saturated rings. The molecular weight excluding hydrogens is 216 g/mol. The van der Waals surface area contributed by atoms with Crippen molar-refractivity contribution in [2.75, 3.05) is 26.3 Å². The first kappa shape index (κ1) is 12.7. The molecule has 0 atom stereocenters. The predicted molar refractivity (Wildman–Crippen MR) is 67.0 cm³/mol. The average molecular weight is 240 g/mol. The molecule has 0 aromatic carbocycles. The average Bonchev–Trinajstić information content (AvgIpc) is 2.40. The number of hydrogen-bond acceptors (Lipinski definition) is 2. The Hall–Kier alpha value is -0.770. The maximum Gasteiger partial charge on any atom is 0.317 e. The van der Waals surface area contributed by atoms with Crippen LogP contribution < -0.4 is 5.32 Å². The van der Waals surface area contributed by atoms with Gasteiger partial charge in [0.25, 0.3) is 0 Å². The summed E-state index contributed by atoms with van der Waals surface area (Å²) in [7, 11) is 0. The number of hydrogen-bond donors (Lipinski definition) is 1. The molecule has 0 radical (unpaired) electrons. The zero-order chi connectivity index (χ0) is 12.1. The second-order valence-electron chi connectivity index (χ2n) is 5.17. The molecule has 98 valence electrons. The second-order valence-corrected chi connectivity index (χ2v) is 5.17. The number of rotatable bonds is 2. The minimum Gasteiger partial charge on any atom is -0.381 e. The van der Waals surface area contributed by atoms with E-state index in [2.05, 4.69) is 12.2 Å². The van der Waals surface area contributed by atoms with Crippen molar-refractivity contribution in [3.05, 3.63) is 0 Å². The lowest BCUT2D eigenvalue weighted by atomic mass is 9.95. The van der Waals surface area contributed by atoms with Crippen LogP contribution in [0.2, 0.25) is 0 Å². The van der Waals surface area contributed by atoms with Crippen LogP contribution in [0.4, 0.5) is 4.79 Å². The van der Waals surface area contributed by atoms with Gasteiger partial charge in [-0.25, -0.2) is 4.79 Å². The van der Waals surface area contributed by atoms with Crippen LogP contribution in [0.15, 0.2) is 0 Å². The zero-order valence-corrected chi connectivity index (χ0v) is 10.8. The maximum absolute atomic E-state index is 12.0. The van der Waals surface area contributed by atoms with Gasteiger partial charge >= 0.3 is 6.03 Å². The number of ether oxygens (including phenoxy) is 1. The van der Waals surface area contributed by atoms with Gasteiger partial charge in [0, 0.05) is 32.3 Å². The monoisotopic (exact) mass is 240 g/mol. The Kier molecular flexibility index (Phi) is 4.66. The number of likely N-dealkylation sites (tertiary alicyclic amines) is 1. The van der Waals surface area contributed by atoms with E-state index in [1.807, 2.05) is 4.90 Å². The van der Waals surface area contributed by atoms with E-state index in [0.29, 0.717) is 6.04 Å². The fourth-order valence-corrected chi connectivity index (χ4v) is 2.65.